The van der Waals surface area contributed by atoms with Gasteiger partial charge in [-0.1, -0.05) is 26.0 Å². The van der Waals surface area contributed by atoms with Gasteiger partial charge in [-0.25, -0.2) is 0 Å². The molecule has 0 aliphatic rings. The van der Waals surface area contributed by atoms with Gasteiger partial charge in [-0.05, 0) is 43.9 Å². The summed E-state index contributed by atoms with van der Waals surface area (Å²) in [6.07, 6.45) is 0.522. The first kappa shape index (κ1) is 13.0. The van der Waals surface area contributed by atoms with Gasteiger partial charge in [0.25, 0.3) is 0 Å². The molecule has 0 saturated heterocycles. The number of aliphatic hydroxyl groups excluding tert-OH is 1. The molecule has 2 heteroatoms. The molecule has 90 valence electrons. The quantitative estimate of drug-likeness (QED) is 0.828. The van der Waals surface area contributed by atoms with Gasteiger partial charge in [0.2, 0.25) is 0 Å². The Balaban J connectivity index is 2.64. The van der Waals surface area contributed by atoms with Crippen LogP contribution in [0.3, 0.4) is 0 Å². The predicted molar refractivity (Wildman–Crippen MR) is 66.9 cm³/mol. The fraction of sp³-hybridized carbons (Fsp3) is 0.571. The van der Waals surface area contributed by atoms with E-state index in [0.717, 1.165) is 12.2 Å². The van der Waals surface area contributed by atoms with Crippen LogP contribution in [0.2, 0.25) is 0 Å². The minimum atomic E-state index is -0.450. The molecule has 0 heterocycles. The lowest BCUT2D eigenvalue weighted by atomic mass is 9.99. The summed E-state index contributed by atoms with van der Waals surface area (Å²) in [7, 11) is 0. The van der Waals surface area contributed by atoms with Crippen molar-refractivity contribution in [3.05, 3.63) is 29.8 Å². The molecule has 2 nitrogen and oxygen atoms in total. The predicted octanol–water partition coefficient (Wildman–Crippen LogP) is 3.35. The third kappa shape index (κ3) is 3.53. The molecule has 3 atom stereocenters. The summed E-state index contributed by atoms with van der Waals surface area (Å²) in [4.78, 5) is 0. The number of hydrogen-bond acceptors (Lipinski definition) is 2. The van der Waals surface area contributed by atoms with Crippen molar-refractivity contribution >= 4 is 0 Å². The van der Waals surface area contributed by atoms with E-state index in [1.54, 1.807) is 6.92 Å². The Morgan fingerprint density at radius 3 is 2.12 bits per heavy atom. The van der Waals surface area contributed by atoms with Crippen molar-refractivity contribution in [3.63, 3.8) is 0 Å². The van der Waals surface area contributed by atoms with Crippen LogP contribution >= 0.6 is 0 Å². The lowest BCUT2D eigenvalue weighted by Crippen LogP contribution is -2.25. The van der Waals surface area contributed by atoms with Gasteiger partial charge in [-0.3, -0.25) is 0 Å². The van der Waals surface area contributed by atoms with E-state index in [1.807, 2.05) is 19.1 Å². The Morgan fingerprint density at radius 2 is 1.69 bits per heavy atom. The highest BCUT2D eigenvalue weighted by atomic mass is 16.5. The van der Waals surface area contributed by atoms with Gasteiger partial charge in [0.05, 0.1) is 6.10 Å². The summed E-state index contributed by atoms with van der Waals surface area (Å²) in [6.45, 7) is 8.00. The molecule has 0 radical (unpaired) electrons. The Bertz CT molecular complexity index is 303. The zero-order valence-corrected chi connectivity index (χ0v) is 10.6. The van der Waals surface area contributed by atoms with Crippen LogP contribution in [0.5, 0.6) is 5.75 Å². The maximum atomic E-state index is 9.34. The van der Waals surface area contributed by atoms with Gasteiger partial charge in [0.1, 0.15) is 11.9 Å². The van der Waals surface area contributed by atoms with Crippen LogP contribution < -0.4 is 4.74 Å². The highest BCUT2D eigenvalue weighted by molar-refractivity contribution is 5.29. The molecule has 0 aromatic heterocycles. The zero-order valence-electron chi connectivity index (χ0n) is 10.6. The van der Waals surface area contributed by atoms with Crippen molar-refractivity contribution in [2.75, 3.05) is 0 Å². The van der Waals surface area contributed by atoms with Crippen LogP contribution in [0, 0.1) is 0 Å². The van der Waals surface area contributed by atoms with E-state index in [4.69, 9.17) is 4.74 Å². The van der Waals surface area contributed by atoms with Crippen LogP contribution in [-0.2, 0) is 0 Å². The molecule has 0 aliphatic heterocycles. The monoisotopic (exact) mass is 222 g/mol. The standard InChI is InChI=1S/C14H22O2/c1-5-10(2)13-6-8-14(9-7-13)16-12(4)11(3)15/h6-12,15H,5H2,1-4H3/t10?,11-,12?/m0/s1. The van der Waals surface area contributed by atoms with E-state index in [9.17, 15) is 5.11 Å². The topological polar surface area (TPSA) is 29.5 Å². The molecule has 0 fully saturated rings. The molecule has 1 aromatic carbocycles. The average molecular weight is 222 g/mol. The molecule has 1 N–H and O–H groups in total. The fourth-order valence-electron chi connectivity index (χ4n) is 1.42. The molecular weight excluding hydrogens is 200 g/mol. The van der Waals surface area contributed by atoms with Gasteiger partial charge in [0, 0.05) is 0 Å². The Morgan fingerprint density at radius 1 is 1.12 bits per heavy atom. The van der Waals surface area contributed by atoms with E-state index < -0.39 is 6.10 Å². The second kappa shape index (κ2) is 5.90. The Kier molecular flexibility index (Phi) is 4.81. The van der Waals surface area contributed by atoms with Gasteiger partial charge < -0.3 is 9.84 Å². The van der Waals surface area contributed by atoms with Crippen molar-refractivity contribution in [2.24, 2.45) is 0 Å². The summed E-state index contributed by atoms with van der Waals surface area (Å²) in [5.41, 5.74) is 1.33. The summed E-state index contributed by atoms with van der Waals surface area (Å²) in [5.74, 6) is 1.41. The van der Waals surface area contributed by atoms with E-state index in [0.29, 0.717) is 5.92 Å². The lowest BCUT2D eigenvalue weighted by molar-refractivity contribution is 0.0604. The Labute approximate surface area is 98.3 Å². The van der Waals surface area contributed by atoms with Crippen molar-refractivity contribution in [2.45, 2.75) is 52.2 Å². The average Bonchev–Trinajstić information content (AvgIpc) is 2.28. The van der Waals surface area contributed by atoms with Crippen LogP contribution in [0.4, 0.5) is 0 Å². The summed E-state index contributed by atoms with van der Waals surface area (Å²) in [5, 5.41) is 9.34. The maximum absolute atomic E-state index is 9.34. The highest BCUT2D eigenvalue weighted by Gasteiger charge is 2.10. The Hall–Kier alpha value is -1.02. The van der Waals surface area contributed by atoms with Gasteiger partial charge in [0.15, 0.2) is 0 Å². The van der Waals surface area contributed by atoms with Crippen LogP contribution in [0.25, 0.3) is 0 Å². The van der Waals surface area contributed by atoms with E-state index in [-0.39, 0.29) is 6.10 Å². The molecule has 0 amide bonds. The van der Waals surface area contributed by atoms with Crippen molar-refractivity contribution in [3.8, 4) is 5.75 Å². The largest absolute Gasteiger partial charge is 0.488 e. The maximum Gasteiger partial charge on any atom is 0.121 e. The molecule has 16 heavy (non-hydrogen) atoms. The number of ether oxygens (including phenoxy) is 1. The first-order valence-electron chi connectivity index (χ1n) is 5.99. The number of hydrogen-bond donors (Lipinski definition) is 1. The molecule has 0 bridgehead atoms. The van der Waals surface area contributed by atoms with Crippen LogP contribution in [0.15, 0.2) is 24.3 Å². The van der Waals surface area contributed by atoms with Crippen LogP contribution in [-0.4, -0.2) is 17.3 Å². The molecule has 1 aromatic rings. The zero-order chi connectivity index (χ0) is 12.1. The molecule has 0 aliphatic carbocycles. The summed E-state index contributed by atoms with van der Waals surface area (Å²) < 4.78 is 5.59. The van der Waals surface area contributed by atoms with Gasteiger partial charge in [-0.2, -0.15) is 0 Å². The third-order valence-corrected chi connectivity index (χ3v) is 3.06. The first-order chi connectivity index (χ1) is 7.54. The highest BCUT2D eigenvalue weighted by Crippen LogP contribution is 2.22. The number of aliphatic hydroxyl groups is 1. The molecule has 2 unspecified atom stereocenters. The minimum absolute atomic E-state index is 0.172. The van der Waals surface area contributed by atoms with Crippen LogP contribution in [0.1, 0.15) is 45.6 Å². The van der Waals surface area contributed by atoms with Gasteiger partial charge >= 0.3 is 0 Å². The summed E-state index contributed by atoms with van der Waals surface area (Å²) in [6, 6.07) is 8.14. The number of rotatable bonds is 5. The first-order valence-corrected chi connectivity index (χ1v) is 5.99. The third-order valence-electron chi connectivity index (χ3n) is 3.06. The second-order valence-electron chi connectivity index (χ2n) is 4.44. The van der Waals surface area contributed by atoms with Crippen molar-refractivity contribution < 1.29 is 9.84 Å². The molecule has 0 spiro atoms. The molecule has 0 saturated carbocycles. The molecule has 1 rings (SSSR count). The smallest absolute Gasteiger partial charge is 0.121 e. The summed E-state index contributed by atoms with van der Waals surface area (Å²) >= 11 is 0. The SMILES string of the molecule is CCC(C)c1ccc(OC(C)[C@H](C)O)cc1. The second-order valence-corrected chi connectivity index (χ2v) is 4.44. The van der Waals surface area contributed by atoms with Crippen molar-refractivity contribution in [1.29, 1.82) is 0 Å². The van der Waals surface area contributed by atoms with Crippen molar-refractivity contribution in [1.82, 2.24) is 0 Å². The van der Waals surface area contributed by atoms with E-state index in [1.165, 1.54) is 5.56 Å². The van der Waals surface area contributed by atoms with E-state index >= 15 is 0 Å². The van der Waals surface area contributed by atoms with Gasteiger partial charge in [-0.15, -0.1) is 0 Å². The number of benzene rings is 1. The molecular formula is C14H22O2. The van der Waals surface area contributed by atoms with E-state index in [2.05, 4.69) is 26.0 Å². The minimum Gasteiger partial charge on any atom is -0.488 e. The normalized spacial score (nSPS) is 16.6. The fourth-order valence-corrected chi connectivity index (χ4v) is 1.42. The lowest BCUT2D eigenvalue weighted by Gasteiger charge is -2.17.